The third-order valence-corrected chi connectivity index (χ3v) is 3.73. The molecule has 0 unspecified atom stereocenters. The van der Waals surface area contributed by atoms with Crippen LogP contribution in [0.5, 0.6) is 0 Å². The average Bonchev–Trinajstić information content (AvgIpc) is 2.88. The van der Waals surface area contributed by atoms with Crippen molar-refractivity contribution in [3.63, 3.8) is 0 Å². The number of benzene rings is 2. The van der Waals surface area contributed by atoms with Gasteiger partial charge in [-0.15, -0.1) is 0 Å². The highest BCUT2D eigenvalue weighted by atomic mass is 32.1. The van der Waals surface area contributed by atoms with Crippen LogP contribution in [0.15, 0.2) is 48.5 Å². The topological polar surface area (TPSA) is 25.8 Å². The van der Waals surface area contributed by atoms with E-state index in [4.69, 9.17) is 0 Å². The van der Waals surface area contributed by atoms with Crippen molar-refractivity contribution in [2.24, 2.45) is 0 Å². The third kappa shape index (κ3) is 2.56. The smallest absolute Gasteiger partial charge is 0.173 e. The van der Waals surface area contributed by atoms with E-state index in [1.165, 1.54) is 22.7 Å². The number of hydrogen-bond donors (Lipinski definition) is 0. The van der Waals surface area contributed by atoms with E-state index in [1.54, 1.807) is 0 Å². The van der Waals surface area contributed by atoms with E-state index in [9.17, 15) is 0 Å². The Morgan fingerprint density at radius 1 is 0.842 bits per heavy atom. The lowest BCUT2D eigenvalue weighted by Crippen LogP contribution is -1.82. The summed E-state index contributed by atoms with van der Waals surface area (Å²) in [7, 11) is 0. The molecule has 0 N–H and O–H groups in total. The molecule has 3 aromatic rings. The van der Waals surface area contributed by atoms with Gasteiger partial charge < -0.3 is 0 Å². The molecule has 1 aromatic heterocycles. The van der Waals surface area contributed by atoms with Gasteiger partial charge in [-0.3, -0.25) is 0 Å². The molecule has 0 spiro atoms. The third-order valence-electron chi connectivity index (χ3n) is 2.97. The lowest BCUT2D eigenvalue weighted by atomic mass is 10.1. The zero-order chi connectivity index (χ0) is 13.2. The lowest BCUT2D eigenvalue weighted by molar-refractivity contribution is 1.31. The second kappa shape index (κ2) is 4.94. The van der Waals surface area contributed by atoms with Crippen molar-refractivity contribution in [2.75, 3.05) is 0 Å². The Kier molecular flexibility index (Phi) is 3.13. The first kappa shape index (κ1) is 12.1. The average molecular weight is 266 g/mol. The van der Waals surface area contributed by atoms with Crippen molar-refractivity contribution in [2.45, 2.75) is 13.8 Å². The van der Waals surface area contributed by atoms with Crippen molar-refractivity contribution < 1.29 is 0 Å². The summed E-state index contributed by atoms with van der Waals surface area (Å²) in [6.45, 7) is 4.17. The Morgan fingerprint density at radius 2 is 1.47 bits per heavy atom. The highest BCUT2D eigenvalue weighted by molar-refractivity contribution is 7.09. The summed E-state index contributed by atoms with van der Waals surface area (Å²) in [5, 5.41) is 0.972. The van der Waals surface area contributed by atoms with Crippen LogP contribution in [0.3, 0.4) is 0 Å². The van der Waals surface area contributed by atoms with Gasteiger partial charge in [-0.05, 0) is 37.5 Å². The number of aromatic nitrogens is 2. The Balaban J connectivity index is 2.00. The van der Waals surface area contributed by atoms with E-state index in [1.807, 2.05) is 6.07 Å². The molecule has 2 nitrogen and oxygen atoms in total. The van der Waals surface area contributed by atoms with Crippen molar-refractivity contribution >= 4 is 11.5 Å². The van der Waals surface area contributed by atoms with Gasteiger partial charge in [0, 0.05) is 11.1 Å². The normalized spacial score (nSPS) is 10.6. The van der Waals surface area contributed by atoms with Gasteiger partial charge >= 0.3 is 0 Å². The van der Waals surface area contributed by atoms with E-state index in [0.717, 1.165) is 22.0 Å². The van der Waals surface area contributed by atoms with Crippen LogP contribution in [0.1, 0.15) is 11.1 Å². The summed E-state index contributed by atoms with van der Waals surface area (Å²) < 4.78 is 4.46. The molecule has 0 radical (unpaired) electrons. The first-order chi connectivity index (χ1) is 9.22. The highest BCUT2D eigenvalue weighted by Crippen LogP contribution is 2.26. The second-order valence-electron chi connectivity index (χ2n) is 4.66. The molecule has 0 amide bonds. The van der Waals surface area contributed by atoms with Crippen LogP contribution < -0.4 is 0 Å². The fourth-order valence-corrected chi connectivity index (χ4v) is 2.70. The monoisotopic (exact) mass is 266 g/mol. The number of nitrogens with zero attached hydrogens (tertiary/aromatic N) is 2. The Labute approximate surface area is 116 Å². The summed E-state index contributed by atoms with van der Waals surface area (Å²) >= 11 is 1.45. The van der Waals surface area contributed by atoms with Gasteiger partial charge in [0.15, 0.2) is 5.82 Å². The largest absolute Gasteiger partial charge is 0.215 e. The fraction of sp³-hybridized carbons (Fsp3) is 0.125. The molecule has 94 valence electrons. The predicted molar refractivity (Wildman–Crippen MR) is 80.3 cm³/mol. The van der Waals surface area contributed by atoms with Crippen molar-refractivity contribution in [1.29, 1.82) is 0 Å². The number of aryl methyl sites for hydroxylation is 2. The molecule has 0 aliphatic carbocycles. The van der Waals surface area contributed by atoms with Crippen LogP contribution in [0.25, 0.3) is 22.0 Å². The Bertz CT molecular complexity index is 656. The Hall–Kier alpha value is -2.00. The molecule has 0 atom stereocenters. The summed E-state index contributed by atoms with van der Waals surface area (Å²) in [4.78, 5) is 4.64. The molecule has 3 heteroatoms. The molecule has 19 heavy (non-hydrogen) atoms. The summed E-state index contributed by atoms with van der Waals surface area (Å²) in [6, 6.07) is 16.6. The van der Waals surface area contributed by atoms with Crippen molar-refractivity contribution in [3.8, 4) is 22.0 Å². The molecule has 2 aromatic carbocycles. The summed E-state index contributed by atoms with van der Waals surface area (Å²) in [6.07, 6.45) is 0. The van der Waals surface area contributed by atoms with E-state index < -0.39 is 0 Å². The van der Waals surface area contributed by atoms with Crippen LogP contribution >= 0.6 is 11.5 Å². The van der Waals surface area contributed by atoms with Crippen LogP contribution in [-0.2, 0) is 0 Å². The van der Waals surface area contributed by atoms with Gasteiger partial charge in [-0.1, -0.05) is 47.5 Å². The Morgan fingerprint density at radius 3 is 2.16 bits per heavy atom. The molecular weight excluding hydrogens is 252 g/mol. The molecule has 0 bridgehead atoms. The maximum absolute atomic E-state index is 4.64. The molecule has 0 aliphatic rings. The highest BCUT2D eigenvalue weighted by Gasteiger charge is 2.08. The maximum Gasteiger partial charge on any atom is 0.173 e. The van der Waals surface area contributed by atoms with Gasteiger partial charge in [0.2, 0.25) is 0 Å². The van der Waals surface area contributed by atoms with E-state index in [-0.39, 0.29) is 0 Å². The van der Waals surface area contributed by atoms with Crippen molar-refractivity contribution in [3.05, 3.63) is 59.7 Å². The first-order valence-electron chi connectivity index (χ1n) is 6.20. The lowest BCUT2D eigenvalue weighted by Gasteiger charge is -1.98. The standard InChI is InChI=1S/C16H14N2S/c1-11-5-3-7-13(9-11)15-17-16(19-18-15)14-8-4-6-12(2)10-14/h3-10H,1-2H3. The molecule has 1 heterocycles. The molecule has 0 aliphatic heterocycles. The van der Waals surface area contributed by atoms with Crippen LogP contribution in [-0.4, -0.2) is 9.36 Å². The quantitative estimate of drug-likeness (QED) is 0.683. The summed E-state index contributed by atoms with van der Waals surface area (Å²) in [5.41, 5.74) is 4.68. The zero-order valence-electron chi connectivity index (χ0n) is 10.9. The van der Waals surface area contributed by atoms with E-state index in [2.05, 4.69) is 65.7 Å². The molecule has 0 saturated heterocycles. The van der Waals surface area contributed by atoms with E-state index in [0.29, 0.717) is 0 Å². The first-order valence-corrected chi connectivity index (χ1v) is 6.97. The van der Waals surface area contributed by atoms with E-state index >= 15 is 0 Å². The molecule has 3 rings (SSSR count). The molecule has 0 fully saturated rings. The minimum absolute atomic E-state index is 0.810. The second-order valence-corrected chi connectivity index (χ2v) is 5.41. The maximum atomic E-state index is 4.64. The minimum atomic E-state index is 0.810. The fourth-order valence-electron chi connectivity index (χ4n) is 2.02. The zero-order valence-corrected chi connectivity index (χ0v) is 11.7. The van der Waals surface area contributed by atoms with Gasteiger partial charge in [-0.25, -0.2) is 4.98 Å². The number of rotatable bonds is 2. The van der Waals surface area contributed by atoms with Crippen LogP contribution in [0.2, 0.25) is 0 Å². The van der Waals surface area contributed by atoms with Gasteiger partial charge in [0.05, 0.1) is 0 Å². The van der Waals surface area contributed by atoms with Crippen molar-refractivity contribution in [1.82, 2.24) is 9.36 Å². The SMILES string of the molecule is Cc1cccc(-c2nsc(-c3cccc(C)c3)n2)c1. The van der Waals surface area contributed by atoms with Crippen LogP contribution in [0.4, 0.5) is 0 Å². The molecule has 0 saturated carbocycles. The summed E-state index contributed by atoms with van der Waals surface area (Å²) in [5.74, 6) is 0.810. The minimum Gasteiger partial charge on any atom is -0.215 e. The number of hydrogen-bond acceptors (Lipinski definition) is 3. The van der Waals surface area contributed by atoms with Crippen LogP contribution in [0, 0.1) is 13.8 Å². The predicted octanol–water partition coefficient (Wildman–Crippen LogP) is 4.49. The van der Waals surface area contributed by atoms with Gasteiger partial charge in [0.25, 0.3) is 0 Å². The van der Waals surface area contributed by atoms with Gasteiger partial charge in [-0.2, -0.15) is 4.37 Å². The molecular formula is C16H14N2S. The van der Waals surface area contributed by atoms with Gasteiger partial charge in [0.1, 0.15) is 5.01 Å².